The van der Waals surface area contributed by atoms with Crippen molar-refractivity contribution >= 4 is 23.0 Å². The first-order valence-electron chi connectivity index (χ1n) is 4.81. The lowest BCUT2D eigenvalue weighted by atomic mass is 9.97. The van der Waals surface area contributed by atoms with Gasteiger partial charge < -0.3 is 10.6 Å². The average Bonchev–Trinajstić information content (AvgIpc) is 2.70. The van der Waals surface area contributed by atoms with E-state index >= 15 is 0 Å². The lowest BCUT2D eigenvalue weighted by Gasteiger charge is -2.13. The minimum absolute atomic E-state index is 0.00870. The molecule has 0 saturated carbocycles. The van der Waals surface area contributed by atoms with E-state index in [1.807, 2.05) is 0 Å². The summed E-state index contributed by atoms with van der Waals surface area (Å²) >= 11 is 5.09. The number of nitrogens with one attached hydrogen (secondary N) is 2. The molecule has 2 atom stereocenters. The Balaban J connectivity index is 1.92. The molecule has 0 aromatic heterocycles. The normalized spacial score (nSPS) is 33.8. The molecule has 4 heteroatoms. The number of rotatable bonds is 2. The second-order valence-electron chi connectivity index (χ2n) is 3.77. The molecule has 1 unspecified atom stereocenters. The molecule has 0 amide bonds. The maximum atomic E-state index is 11.4. The molecule has 0 radical (unpaired) electrons. The molecule has 2 aliphatic heterocycles. The number of Topliss-reactive ketones (excluding diaryl/α,β-unsaturated/α-hetero) is 1. The molecule has 2 aliphatic rings. The SMILES string of the molecule is O=C1CNC(=S)C1C[C@@H]1CCCN1. The Morgan fingerprint density at radius 1 is 1.54 bits per heavy atom. The minimum Gasteiger partial charge on any atom is -0.372 e. The average molecular weight is 198 g/mol. The maximum Gasteiger partial charge on any atom is 0.161 e. The van der Waals surface area contributed by atoms with Crippen LogP contribution in [0.15, 0.2) is 0 Å². The van der Waals surface area contributed by atoms with Gasteiger partial charge in [0.05, 0.1) is 17.5 Å². The molecular weight excluding hydrogens is 184 g/mol. The van der Waals surface area contributed by atoms with Crippen LogP contribution in [-0.2, 0) is 4.79 Å². The zero-order valence-electron chi connectivity index (χ0n) is 7.51. The first-order chi connectivity index (χ1) is 6.27. The van der Waals surface area contributed by atoms with Gasteiger partial charge in [0.25, 0.3) is 0 Å². The van der Waals surface area contributed by atoms with Crippen molar-refractivity contribution in [2.45, 2.75) is 25.3 Å². The van der Waals surface area contributed by atoms with Gasteiger partial charge in [0, 0.05) is 6.04 Å². The topological polar surface area (TPSA) is 41.1 Å². The summed E-state index contributed by atoms with van der Waals surface area (Å²) < 4.78 is 0. The Bertz CT molecular complexity index is 220. The molecule has 2 saturated heterocycles. The van der Waals surface area contributed by atoms with Crippen LogP contribution in [0.5, 0.6) is 0 Å². The summed E-state index contributed by atoms with van der Waals surface area (Å²) in [6.07, 6.45) is 3.31. The van der Waals surface area contributed by atoms with E-state index in [0.29, 0.717) is 12.6 Å². The Kier molecular flexibility index (Phi) is 2.60. The van der Waals surface area contributed by atoms with Crippen LogP contribution in [0.4, 0.5) is 0 Å². The van der Waals surface area contributed by atoms with E-state index in [9.17, 15) is 4.79 Å². The highest BCUT2D eigenvalue weighted by Gasteiger charge is 2.32. The summed E-state index contributed by atoms with van der Waals surface area (Å²) in [6.45, 7) is 1.53. The van der Waals surface area contributed by atoms with E-state index in [4.69, 9.17) is 12.2 Å². The molecule has 72 valence electrons. The highest BCUT2D eigenvalue weighted by molar-refractivity contribution is 7.80. The number of hydrogen-bond donors (Lipinski definition) is 2. The van der Waals surface area contributed by atoms with Gasteiger partial charge in [-0.2, -0.15) is 0 Å². The van der Waals surface area contributed by atoms with E-state index in [2.05, 4.69) is 10.6 Å². The fourth-order valence-electron chi connectivity index (χ4n) is 2.05. The molecular formula is C9H14N2OS. The van der Waals surface area contributed by atoms with Gasteiger partial charge in [0.1, 0.15) is 0 Å². The van der Waals surface area contributed by atoms with Gasteiger partial charge in [-0.15, -0.1) is 0 Å². The van der Waals surface area contributed by atoms with Gasteiger partial charge >= 0.3 is 0 Å². The van der Waals surface area contributed by atoms with Crippen LogP contribution in [0.25, 0.3) is 0 Å². The second-order valence-corrected chi connectivity index (χ2v) is 4.21. The van der Waals surface area contributed by atoms with Gasteiger partial charge in [0.15, 0.2) is 5.78 Å². The first kappa shape index (κ1) is 9.09. The predicted molar refractivity (Wildman–Crippen MR) is 54.7 cm³/mol. The fraction of sp³-hybridized carbons (Fsp3) is 0.778. The Morgan fingerprint density at radius 2 is 2.38 bits per heavy atom. The van der Waals surface area contributed by atoms with Crippen molar-refractivity contribution in [2.75, 3.05) is 13.1 Å². The number of carbonyl (C=O) groups is 1. The van der Waals surface area contributed by atoms with Crippen molar-refractivity contribution in [3.8, 4) is 0 Å². The largest absolute Gasteiger partial charge is 0.372 e. The standard InChI is InChI=1S/C9H14N2OS/c12-8-5-11-9(13)7(8)4-6-2-1-3-10-6/h6-7,10H,1-5H2,(H,11,13)/t6-,7?/m0/s1. The molecule has 2 fully saturated rings. The molecule has 0 spiro atoms. The predicted octanol–water partition coefficient (Wildman–Crippen LogP) is 0.244. The molecule has 2 rings (SSSR count). The number of carbonyl (C=O) groups excluding carboxylic acids is 1. The van der Waals surface area contributed by atoms with Crippen LogP contribution >= 0.6 is 12.2 Å². The maximum absolute atomic E-state index is 11.4. The van der Waals surface area contributed by atoms with Crippen LogP contribution < -0.4 is 10.6 Å². The number of hydrogen-bond acceptors (Lipinski definition) is 3. The van der Waals surface area contributed by atoms with Gasteiger partial charge in [-0.25, -0.2) is 0 Å². The molecule has 3 nitrogen and oxygen atoms in total. The van der Waals surface area contributed by atoms with Crippen LogP contribution in [0.3, 0.4) is 0 Å². The molecule has 2 N–H and O–H groups in total. The van der Waals surface area contributed by atoms with Crippen molar-refractivity contribution in [1.29, 1.82) is 0 Å². The monoisotopic (exact) mass is 198 g/mol. The summed E-state index contributed by atoms with van der Waals surface area (Å²) in [5, 5.41) is 6.33. The van der Waals surface area contributed by atoms with E-state index in [0.717, 1.165) is 18.0 Å². The van der Waals surface area contributed by atoms with E-state index < -0.39 is 0 Å². The molecule has 0 aromatic rings. The van der Waals surface area contributed by atoms with Gasteiger partial charge in [-0.1, -0.05) is 12.2 Å². The molecule has 13 heavy (non-hydrogen) atoms. The Labute approximate surface area is 83.3 Å². The van der Waals surface area contributed by atoms with Crippen molar-refractivity contribution in [3.05, 3.63) is 0 Å². The molecule has 0 aromatic carbocycles. The van der Waals surface area contributed by atoms with Crippen LogP contribution in [-0.4, -0.2) is 29.9 Å². The van der Waals surface area contributed by atoms with Gasteiger partial charge in [0.2, 0.25) is 0 Å². The third kappa shape index (κ3) is 1.89. The molecule has 2 heterocycles. The summed E-state index contributed by atoms with van der Waals surface area (Å²) in [5.74, 6) is 0.254. The lowest BCUT2D eigenvalue weighted by molar-refractivity contribution is -0.119. The van der Waals surface area contributed by atoms with E-state index in [-0.39, 0.29) is 11.7 Å². The zero-order valence-corrected chi connectivity index (χ0v) is 8.32. The highest BCUT2D eigenvalue weighted by atomic mass is 32.1. The molecule has 0 bridgehead atoms. The van der Waals surface area contributed by atoms with Crippen molar-refractivity contribution < 1.29 is 4.79 Å². The smallest absolute Gasteiger partial charge is 0.161 e. The molecule has 0 aliphatic carbocycles. The first-order valence-corrected chi connectivity index (χ1v) is 5.22. The third-order valence-electron chi connectivity index (χ3n) is 2.82. The third-order valence-corrected chi connectivity index (χ3v) is 3.25. The zero-order chi connectivity index (χ0) is 9.26. The lowest BCUT2D eigenvalue weighted by Crippen LogP contribution is -2.29. The quantitative estimate of drug-likeness (QED) is 0.624. The van der Waals surface area contributed by atoms with Crippen molar-refractivity contribution in [2.24, 2.45) is 5.92 Å². The summed E-state index contributed by atoms with van der Waals surface area (Å²) in [6, 6.07) is 0.506. The van der Waals surface area contributed by atoms with Gasteiger partial charge in [-0.3, -0.25) is 4.79 Å². The van der Waals surface area contributed by atoms with Crippen molar-refractivity contribution in [1.82, 2.24) is 10.6 Å². The number of thiocarbonyl (C=S) groups is 1. The minimum atomic E-state index is -0.00870. The van der Waals surface area contributed by atoms with Crippen molar-refractivity contribution in [3.63, 3.8) is 0 Å². The highest BCUT2D eigenvalue weighted by Crippen LogP contribution is 2.19. The van der Waals surface area contributed by atoms with E-state index in [1.165, 1.54) is 12.8 Å². The Morgan fingerprint density at radius 3 is 2.92 bits per heavy atom. The summed E-state index contributed by atoms with van der Waals surface area (Å²) in [7, 11) is 0. The number of ketones is 1. The van der Waals surface area contributed by atoms with E-state index in [1.54, 1.807) is 0 Å². The summed E-state index contributed by atoms with van der Waals surface area (Å²) in [4.78, 5) is 12.1. The summed E-state index contributed by atoms with van der Waals surface area (Å²) in [5.41, 5.74) is 0. The van der Waals surface area contributed by atoms with Crippen LogP contribution in [0, 0.1) is 5.92 Å². The van der Waals surface area contributed by atoms with Crippen LogP contribution in [0.2, 0.25) is 0 Å². The fourth-order valence-corrected chi connectivity index (χ4v) is 2.35. The Hall–Kier alpha value is -0.480. The second kappa shape index (κ2) is 3.72. The van der Waals surface area contributed by atoms with Gasteiger partial charge in [-0.05, 0) is 25.8 Å². The van der Waals surface area contributed by atoms with Crippen LogP contribution in [0.1, 0.15) is 19.3 Å².